The van der Waals surface area contributed by atoms with Crippen molar-refractivity contribution < 1.29 is 63.3 Å². The SMILES string of the molecule is CCN(CCN(CCN(C)CC(=O)O)CC(=O)O)CC(=O)NCCCCCCNC(=O)CCC[C@H]1C(=O)N[C@@H](Cc2ccc(O)cc2)C(=O)N[C@H](Cc2c[nH]c3ccccc23)C(=O)N[C@@H](CCCCN)C(=O)N[C@@H](C(C)C)C(=O)N[C@@H](Cc2ccccc2)C(=O)N1C. The quantitative estimate of drug-likeness (QED) is 0.0291. The lowest BCUT2D eigenvalue weighted by Crippen LogP contribution is -2.62. The normalized spacial score (nSPS) is 18.9. The van der Waals surface area contributed by atoms with E-state index in [0.29, 0.717) is 94.7 Å². The smallest absolute Gasteiger partial charge is 0.317 e. The van der Waals surface area contributed by atoms with Crippen LogP contribution in [-0.4, -0.2) is 221 Å². The summed E-state index contributed by atoms with van der Waals surface area (Å²) in [6.07, 6.45) is 5.46. The number of benzene rings is 3. The van der Waals surface area contributed by atoms with Crippen molar-refractivity contribution in [2.45, 2.75) is 140 Å². The number of carbonyl (C=O) groups is 10. The molecule has 0 bridgehead atoms. The molecule has 4 aromatic rings. The topological polar surface area (TPSA) is 370 Å². The van der Waals surface area contributed by atoms with Crippen molar-refractivity contribution in [3.8, 4) is 5.75 Å². The van der Waals surface area contributed by atoms with Crippen LogP contribution in [0.3, 0.4) is 0 Å². The van der Waals surface area contributed by atoms with Gasteiger partial charge in [-0.3, -0.25) is 62.6 Å². The number of aromatic nitrogens is 1. The number of likely N-dealkylation sites (N-methyl/N-ethyl adjacent to an activating group) is 3. The van der Waals surface area contributed by atoms with Gasteiger partial charge in [0, 0.05) is 89.1 Å². The molecule has 1 aromatic heterocycles. The maximum Gasteiger partial charge on any atom is 0.317 e. The molecule has 6 atom stereocenters. The van der Waals surface area contributed by atoms with E-state index in [9.17, 15) is 48.6 Å². The second-order valence-corrected chi connectivity index (χ2v) is 24.0. The number of amides is 8. The maximum atomic E-state index is 15.1. The van der Waals surface area contributed by atoms with Crippen molar-refractivity contribution in [3.63, 3.8) is 0 Å². The van der Waals surface area contributed by atoms with E-state index in [1.165, 1.54) is 24.1 Å². The second-order valence-electron chi connectivity index (χ2n) is 24.0. The summed E-state index contributed by atoms with van der Waals surface area (Å²) in [6.45, 7) is 8.32. The molecule has 5 rings (SSSR count). The summed E-state index contributed by atoms with van der Waals surface area (Å²) in [5.41, 5.74) is 8.52. The summed E-state index contributed by atoms with van der Waals surface area (Å²) < 4.78 is 0. The highest BCUT2D eigenvalue weighted by Crippen LogP contribution is 2.21. The number of fused-ring (bicyclic) bond motifs is 1. The number of phenols is 1. The van der Waals surface area contributed by atoms with E-state index in [0.717, 1.165) is 23.7 Å². The maximum absolute atomic E-state index is 15.1. The van der Waals surface area contributed by atoms with Crippen LogP contribution in [0.1, 0.15) is 102 Å². The first-order valence-corrected chi connectivity index (χ1v) is 32.0. The van der Waals surface area contributed by atoms with Crippen LogP contribution in [0.5, 0.6) is 5.75 Å². The zero-order valence-electron chi connectivity index (χ0n) is 53.9. The van der Waals surface area contributed by atoms with Gasteiger partial charge in [0.25, 0.3) is 0 Å². The molecule has 8 amide bonds. The summed E-state index contributed by atoms with van der Waals surface area (Å²) in [6, 6.07) is 14.7. The number of para-hydroxylation sites is 1. The number of carboxylic acid groups (broad SMARTS) is 2. The first-order valence-electron chi connectivity index (χ1n) is 32.0. The summed E-state index contributed by atoms with van der Waals surface area (Å²) in [5.74, 6) is -7.26. The lowest BCUT2D eigenvalue weighted by molar-refractivity contribution is -0.143. The molecule has 504 valence electrons. The van der Waals surface area contributed by atoms with Gasteiger partial charge in [-0.1, -0.05) is 94.3 Å². The molecule has 1 saturated heterocycles. The summed E-state index contributed by atoms with van der Waals surface area (Å²) in [7, 11) is 3.07. The van der Waals surface area contributed by atoms with Gasteiger partial charge in [-0.25, -0.2) is 0 Å². The Morgan fingerprint density at radius 2 is 1.15 bits per heavy atom. The van der Waals surface area contributed by atoms with Crippen molar-refractivity contribution in [3.05, 3.63) is 102 Å². The molecule has 1 aliphatic heterocycles. The number of nitrogens with zero attached hydrogens (tertiary/aromatic N) is 4. The standard InChI is InChI=1S/C66H97N13O13/c1-6-78(35-36-79(43-59(85)86)34-33-76(4)42-58(83)84)41-57(82)69-32-17-8-7-16-31-68-56(81)25-18-24-55-64(90)73-52(37-46-26-28-48(80)29-27-46)62(88)72-53(39-47-40-70-50-22-13-12-21-49(47)50)63(89)71-51(23-14-15-30-67)61(87)75-60(44(2)3)65(91)74-54(66(92)77(55)5)38-45-19-10-9-11-20-45/h9-13,19-22,26-29,40,44,51-55,60,70,80H,6-8,14-18,23-25,30-39,41-43,67H2,1-5H3,(H,68,81)(H,69,82)(H,71,89)(H,72,88)(H,73,90)(H,74,91)(H,75,87)(H,83,84)(H,85,86)/t51-,52-,53+,54-,55-,60-/m0/s1. The molecule has 0 saturated carbocycles. The van der Waals surface area contributed by atoms with E-state index in [4.69, 9.17) is 10.8 Å². The predicted molar refractivity (Wildman–Crippen MR) is 348 cm³/mol. The Morgan fingerprint density at radius 1 is 0.587 bits per heavy atom. The number of hydrogen-bond donors (Lipinski definition) is 12. The molecule has 2 heterocycles. The number of aliphatic carboxylic acids is 2. The second kappa shape index (κ2) is 39.1. The number of phenolic OH excluding ortho intramolecular Hbond substituents is 1. The van der Waals surface area contributed by atoms with E-state index >= 15 is 9.59 Å². The molecule has 0 unspecified atom stereocenters. The van der Waals surface area contributed by atoms with Crippen LogP contribution in [0.4, 0.5) is 0 Å². The molecule has 0 aliphatic carbocycles. The van der Waals surface area contributed by atoms with Gasteiger partial charge in [0.15, 0.2) is 0 Å². The van der Waals surface area contributed by atoms with Gasteiger partial charge in [0.05, 0.1) is 19.6 Å². The number of hydrogen-bond acceptors (Lipinski definition) is 15. The van der Waals surface area contributed by atoms with Gasteiger partial charge in [0.2, 0.25) is 47.3 Å². The van der Waals surface area contributed by atoms with Crippen LogP contribution in [0.15, 0.2) is 85.1 Å². The van der Waals surface area contributed by atoms with E-state index in [1.807, 2.05) is 36.1 Å². The third-order valence-corrected chi connectivity index (χ3v) is 16.3. The minimum absolute atomic E-state index is 0.0166. The van der Waals surface area contributed by atoms with Gasteiger partial charge in [0.1, 0.15) is 42.0 Å². The number of carboxylic acids is 2. The fraction of sp³-hybridized carbons (Fsp3) is 0.545. The molecular formula is C66H97N13O13. The molecule has 0 spiro atoms. The zero-order valence-corrected chi connectivity index (χ0v) is 53.9. The highest BCUT2D eigenvalue weighted by Gasteiger charge is 2.38. The van der Waals surface area contributed by atoms with Crippen molar-refractivity contribution in [2.75, 3.05) is 86.1 Å². The molecule has 26 nitrogen and oxygen atoms in total. The molecule has 92 heavy (non-hydrogen) atoms. The minimum Gasteiger partial charge on any atom is -0.508 e. The van der Waals surface area contributed by atoms with Crippen LogP contribution >= 0.6 is 0 Å². The number of carbonyl (C=O) groups excluding carboxylic acids is 8. The number of aromatic amines is 1. The Morgan fingerprint density at radius 3 is 1.80 bits per heavy atom. The molecule has 0 radical (unpaired) electrons. The number of rotatable bonds is 35. The number of nitrogens with one attached hydrogen (secondary N) is 8. The average Bonchev–Trinajstić information content (AvgIpc) is 2.33. The van der Waals surface area contributed by atoms with E-state index in [1.54, 1.807) is 79.4 Å². The largest absolute Gasteiger partial charge is 0.508 e. The van der Waals surface area contributed by atoms with Gasteiger partial charge in [-0.2, -0.15) is 0 Å². The molecule has 3 aromatic carbocycles. The van der Waals surface area contributed by atoms with Crippen LogP contribution < -0.4 is 43.0 Å². The van der Waals surface area contributed by atoms with Crippen LogP contribution in [-0.2, 0) is 67.2 Å². The Kier molecular flexibility index (Phi) is 31.5. The molecule has 13 N–H and O–H groups in total. The van der Waals surface area contributed by atoms with Gasteiger partial charge < -0.3 is 68.2 Å². The van der Waals surface area contributed by atoms with E-state index < -0.39 is 89.6 Å². The van der Waals surface area contributed by atoms with Crippen molar-refractivity contribution in [1.82, 2.24) is 61.8 Å². The van der Waals surface area contributed by atoms with Crippen LogP contribution in [0.2, 0.25) is 0 Å². The minimum atomic E-state index is -1.39. The monoisotopic (exact) mass is 1280 g/mol. The van der Waals surface area contributed by atoms with Crippen molar-refractivity contribution in [2.24, 2.45) is 11.7 Å². The average molecular weight is 1280 g/mol. The summed E-state index contributed by atoms with van der Waals surface area (Å²) in [4.78, 5) is 148. The van der Waals surface area contributed by atoms with Crippen molar-refractivity contribution >= 4 is 70.1 Å². The van der Waals surface area contributed by atoms with Gasteiger partial charge in [-0.15, -0.1) is 0 Å². The fourth-order valence-electron chi connectivity index (χ4n) is 11.0. The number of unbranched alkanes of at least 4 members (excludes halogenated alkanes) is 4. The predicted octanol–water partition coefficient (Wildman–Crippen LogP) is 1.64. The van der Waals surface area contributed by atoms with Crippen LogP contribution in [0, 0.1) is 5.92 Å². The van der Waals surface area contributed by atoms with Crippen LogP contribution in [0.25, 0.3) is 10.9 Å². The Balaban J connectivity index is 1.31. The highest BCUT2D eigenvalue weighted by atomic mass is 16.4. The first kappa shape index (κ1) is 74.3. The van der Waals surface area contributed by atoms with E-state index in [2.05, 4.69) is 42.2 Å². The lowest BCUT2D eigenvalue weighted by atomic mass is 9.98. The van der Waals surface area contributed by atoms with Crippen molar-refractivity contribution in [1.29, 1.82) is 0 Å². The molecule has 1 aliphatic rings. The first-order chi connectivity index (χ1) is 44.0. The Labute approximate surface area is 538 Å². The number of aromatic hydroxyl groups is 1. The number of nitrogens with two attached hydrogens (primary N) is 1. The van der Waals surface area contributed by atoms with Gasteiger partial charge >= 0.3 is 11.9 Å². The third kappa shape index (κ3) is 25.7. The summed E-state index contributed by atoms with van der Waals surface area (Å²) in [5, 5.41) is 49.7. The highest BCUT2D eigenvalue weighted by molar-refractivity contribution is 5.99. The Hall–Kier alpha value is -8.46. The number of H-pyrrole nitrogens is 1. The molecule has 1 fully saturated rings. The lowest BCUT2D eigenvalue weighted by Gasteiger charge is -2.34. The third-order valence-electron chi connectivity index (χ3n) is 16.3. The molecular weight excluding hydrogens is 1180 g/mol. The fourth-order valence-corrected chi connectivity index (χ4v) is 11.0. The molecule has 26 heteroatoms. The van der Waals surface area contributed by atoms with Gasteiger partial charge in [-0.05, 0) is 106 Å². The van der Waals surface area contributed by atoms with E-state index in [-0.39, 0.29) is 82.1 Å². The zero-order chi connectivity index (χ0) is 67.1. The Bertz CT molecular complexity index is 3040. The summed E-state index contributed by atoms with van der Waals surface area (Å²) >= 11 is 0.